The van der Waals surface area contributed by atoms with E-state index in [4.69, 9.17) is 4.74 Å². The minimum absolute atomic E-state index is 0.00727. The lowest BCUT2D eigenvalue weighted by Gasteiger charge is -2.06. The first-order valence-corrected chi connectivity index (χ1v) is 6.16. The molecule has 5 nitrogen and oxygen atoms in total. The number of hydrogen-bond acceptors (Lipinski definition) is 3. The van der Waals surface area contributed by atoms with Crippen molar-refractivity contribution in [3.8, 4) is 5.75 Å². The lowest BCUT2D eigenvalue weighted by Crippen LogP contribution is -2.27. The van der Waals surface area contributed by atoms with E-state index >= 15 is 0 Å². The van der Waals surface area contributed by atoms with Crippen LogP contribution in [0.5, 0.6) is 5.75 Å². The molecule has 2 aromatic rings. The molecule has 0 fully saturated rings. The Hall–Kier alpha value is -2.30. The molecule has 0 radical (unpaired) electrons. The van der Waals surface area contributed by atoms with Gasteiger partial charge in [-0.3, -0.25) is 9.89 Å². The van der Waals surface area contributed by atoms with Crippen LogP contribution in [-0.2, 0) is 17.6 Å². The van der Waals surface area contributed by atoms with Crippen LogP contribution >= 0.6 is 0 Å². The van der Waals surface area contributed by atoms with Gasteiger partial charge in [-0.25, -0.2) is 0 Å². The second-order valence-corrected chi connectivity index (χ2v) is 4.21. The summed E-state index contributed by atoms with van der Waals surface area (Å²) in [5.74, 6) is 0.827. The van der Waals surface area contributed by atoms with Crippen molar-refractivity contribution in [1.29, 1.82) is 0 Å². The van der Waals surface area contributed by atoms with E-state index in [1.54, 1.807) is 19.4 Å². The average molecular weight is 259 g/mol. The van der Waals surface area contributed by atoms with E-state index in [2.05, 4.69) is 15.5 Å². The third kappa shape index (κ3) is 4.13. The van der Waals surface area contributed by atoms with Crippen molar-refractivity contribution in [2.24, 2.45) is 0 Å². The molecule has 1 heterocycles. The third-order valence-electron chi connectivity index (χ3n) is 2.78. The smallest absolute Gasteiger partial charge is 0.226 e. The summed E-state index contributed by atoms with van der Waals surface area (Å²) in [6.07, 6.45) is 2.75. The summed E-state index contributed by atoms with van der Waals surface area (Å²) in [5, 5.41) is 9.45. The molecule has 2 N–H and O–H groups in total. The van der Waals surface area contributed by atoms with Crippen molar-refractivity contribution < 1.29 is 9.53 Å². The highest BCUT2D eigenvalue weighted by Crippen LogP contribution is 2.12. The maximum absolute atomic E-state index is 11.6. The quantitative estimate of drug-likeness (QED) is 0.822. The fourth-order valence-electron chi connectivity index (χ4n) is 1.79. The second kappa shape index (κ2) is 6.58. The van der Waals surface area contributed by atoms with Crippen LogP contribution in [0.4, 0.5) is 0 Å². The van der Waals surface area contributed by atoms with Crippen LogP contribution in [0.25, 0.3) is 0 Å². The van der Waals surface area contributed by atoms with Crippen molar-refractivity contribution in [2.75, 3.05) is 13.7 Å². The molecule has 0 aliphatic heterocycles. The maximum atomic E-state index is 11.6. The van der Waals surface area contributed by atoms with Crippen molar-refractivity contribution in [1.82, 2.24) is 15.5 Å². The van der Waals surface area contributed by atoms with Crippen LogP contribution in [0.2, 0.25) is 0 Å². The Morgan fingerprint density at radius 1 is 1.42 bits per heavy atom. The Morgan fingerprint density at radius 3 is 3.05 bits per heavy atom. The lowest BCUT2D eigenvalue weighted by molar-refractivity contribution is -0.120. The lowest BCUT2D eigenvalue weighted by atomic mass is 10.1. The fraction of sp³-hybridized carbons (Fsp3) is 0.286. The topological polar surface area (TPSA) is 67.0 Å². The van der Waals surface area contributed by atoms with Gasteiger partial charge < -0.3 is 10.1 Å². The van der Waals surface area contributed by atoms with Crippen molar-refractivity contribution in [3.05, 3.63) is 47.8 Å². The zero-order valence-electron chi connectivity index (χ0n) is 10.8. The van der Waals surface area contributed by atoms with Gasteiger partial charge in [0.25, 0.3) is 0 Å². The number of carbonyl (C=O) groups is 1. The van der Waals surface area contributed by atoms with Crippen LogP contribution in [0.1, 0.15) is 11.3 Å². The molecule has 0 aliphatic carbocycles. The standard InChI is InChI=1S/C14H17N3O2/c1-19-13-4-2-3-11(9-13)5-7-15-14(18)10-12-6-8-16-17-12/h2-4,6,8-9H,5,7,10H2,1H3,(H,15,18)(H,16,17). The molecule has 0 bridgehead atoms. The number of ether oxygens (including phenoxy) is 1. The molecule has 5 heteroatoms. The van der Waals surface area contributed by atoms with E-state index in [1.165, 1.54) is 0 Å². The normalized spacial score (nSPS) is 10.2. The number of amides is 1. The Kier molecular flexibility index (Phi) is 4.55. The Labute approximate surface area is 112 Å². The highest BCUT2D eigenvalue weighted by atomic mass is 16.5. The molecule has 100 valence electrons. The van der Waals surface area contributed by atoms with E-state index in [-0.39, 0.29) is 5.91 Å². The summed E-state index contributed by atoms with van der Waals surface area (Å²) in [6.45, 7) is 0.611. The molecule has 1 aromatic heterocycles. The monoisotopic (exact) mass is 259 g/mol. The third-order valence-corrected chi connectivity index (χ3v) is 2.78. The van der Waals surface area contributed by atoms with E-state index in [9.17, 15) is 4.79 Å². The number of aromatic amines is 1. The Balaban J connectivity index is 1.75. The van der Waals surface area contributed by atoms with Gasteiger partial charge in [0.15, 0.2) is 0 Å². The number of benzene rings is 1. The first kappa shape index (κ1) is 13.1. The zero-order valence-corrected chi connectivity index (χ0v) is 10.8. The summed E-state index contributed by atoms with van der Waals surface area (Å²) in [6, 6.07) is 9.63. The van der Waals surface area contributed by atoms with Gasteiger partial charge in [-0.15, -0.1) is 0 Å². The predicted molar refractivity (Wildman–Crippen MR) is 72.0 cm³/mol. The zero-order chi connectivity index (χ0) is 13.5. The maximum Gasteiger partial charge on any atom is 0.226 e. The predicted octanol–water partition coefficient (Wildman–Crippen LogP) is 1.32. The molecule has 0 saturated carbocycles. The largest absolute Gasteiger partial charge is 0.497 e. The Morgan fingerprint density at radius 2 is 2.32 bits per heavy atom. The molecule has 0 aliphatic rings. The highest BCUT2D eigenvalue weighted by Gasteiger charge is 2.04. The molecule has 2 rings (SSSR count). The minimum Gasteiger partial charge on any atom is -0.497 e. The highest BCUT2D eigenvalue weighted by molar-refractivity contribution is 5.78. The van der Waals surface area contributed by atoms with Gasteiger partial charge in [0.05, 0.1) is 13.5 Å². The van der Waals surface area contributed by atoms with Gasteiger partial charge in [-0.1, -0.05) is 12.1 Å². The number of rotatable bonds is 6. The first-order chi connectivity index (χ1) is 9.28. The van der Waals surface area contributed by atoms with Crippen molar-refractivity contribution in [2.45, 2.75) is 12.8 Å². The number of hydrogen-bond donors (Lipinski definition) is 2. The van der Waals surface area contributed by atoms with E-state index in [0.717, 1.165) is 23.4 Å². The molecular formula is C14H17N3O2. The molecule has 1 amide bonds. The first-order valence-electron chi connectivity index (χ1n) is 6.16. The molecule has 0 spiro atoms. The molecule has 0 atom stereocenters. The molecule has 1 aromatic carbocycles. The van der Waals surface area contributed by atoms with E-state index in [1.807, 2.05) is 24.3 Å². The SMILES string of the molecule is COc1cccc(CCNC(=O)Cc2ccn[nH]2)c1. The Bertz CT molecular complexity index is 523. The number of carbonyl (C=O) groups excluding carboxylic acids is 1. The average Bonchev–Trinajstić information content (AvgIpc) is 2.92. The van der Waals surface area contributed by atoms with Gasteiger partial charge in [0, 0.05) is 18.4 Å². The molecule has 19 heavy (non-hydrogen) atoms. The summed E-state index contributed by atoms with van der Waals surface area (Å²) in [5.41, 5.74) is 1.96. The van der Waals surface area contributed by atoms with Crippen LogP contribution in [0, 0.1) is 0 Å². The fourth-order valence-corrected chi connectivity index (χ4v) is 1.79. The van der Waals surface area contributed by atoms with Crippen LogP contribution in [0.15, 0.2) is 36.5 Å². The van der Waals surface area contributed by atoms with Crippen molar-refractivity contribution in [3.63, 3.8) is 0 Å². The molecule has 0 saturated heterocycles. The second-order valence-electron chi connectivity index (χ2n) is 4.21. The van der Waals surface area contributed by atoms with Gasteiger partial charge in [0.2, 0.25) is 5.91 Å². The molecular weight excluding hydrogens is 242 g/mol. The van der Waals surface area contributed by atoms with E-state index < -0.39 is 0 Å². The van der Waals surface area contributed by atoms with Gasteiger partial charge >= 0.3 is 0 Å². The van der Waals surface area contributed by atoms with Crippen LogP contribution in [0.3, 0.4) is 0 Å². The van der Waals surface area contributed by atoms with Crippen LogP contribution < -0.4 is 10.1 Å². The number of nitrogens with zero attached hydrogens (tertiary/aromatic N) is 1. The number of aromatic nitrogens is 2. The van der Waals surface area contributed by atoms with Crippen LogP contribution in [-0.4, -0.2) is 29.8 Å². The molecule has 0 unspecified atom stereocenters. The summed E-state index contributed by atoms with van der Waals surface area (Å²) in [7, 11) is 1.64. The summed E-state index contributed by atoms with van der Waals surface area (Å²) in [4.78, 5) is 11.6. The summed E-state index contributed by atoms with van der Waals surface area (Å²) < 4.78 is 5.15. The number of methoxy groups -OCH3 is 1. The number of nitrogens with one attached hydrogen (secondary N) is 2. The van der Waals surface area contributed by atoms with E-state index in [0.29, 0.717) is 13.0 Å². The van der Waals surface area contributed by atoms with Gasteiger partial charge in [-0.2, -0.15) is 5.10 Å². The number of H-pyrrole nitrogens is 1. The van der Waals surface area contributed by atoms with Crippen molar-refractivity contribution >= 4 is 5.91 Å². The summed E-state index contributed by atoms with van der Waals surface area (Å²) >= 11 is 0. The minimum atomic E-state index is -0.00727. The van der Waals surface area contributed by atoms with Gasteiger partial charge in [-0.05, 0) is 30.2 Å². The van der Waals surface area contributed by atoms with Gasteiger partial charge in [0.1, 0.15) is 5.75 Å².